The van der Waals surface area contributed by atoms with Crippen LogP contribution in [0.3, 0.4) is 0 Å². The molecule has 122 valence electrons. The second kappa shape index (κ2) is 4.97. The largest absolute Gasteiger partial charge is 0.462 e. The molecule has 0 spiro atoms. The topological polar surface area (TPSA) is 52.6 Å². The lowest BCUT2D eigenvalue weighted by molar-refractivity contribution is -0.147. The Morgan fingerprint density at radius 1 is 1.09 bits per heavy atom. The van der Waals surface area contributed by atoms with Crippen LogP contribution in [0.2, 0.25) is 0 Å². The van der Waals surface area contributed by atoms with Crippen LogP contribution in [0.5, 0.6) is 0 Å². The second-order valence-corrected chi connectivity index (χ2v) is 8.38. The molecule has 2 saturated carbocycles. The van der Waals surface area contributed by atoms with E-state index in [9.17, 15) is 9.59 Å². The molecule has 4 aliphatic rings. The molecule has 0 aromatic carbocycles. The average Bonchev–Trinajstić information content (AvgIpc) is 2.92. The fourth-order valence-electron chi connectivity index (χ4n) is 5.24. The highest BCUT2D eigenvalue weighted by Gasteiger charge is 2.52. The molecule has 4 heteroatoms. The third-order valence-corrected chi connectivity index (χ3v) is 6.84. The quantitative estimate of drug-likeness (QED) is 0.752. The number of hydrogen-bond acceptors (Lipinski definition) is 4. The van der Waals surface area contributed by atoms with Gasteiger partial charge in [0.1, 0.15) is 12.2 Å². The van der Waals surface area contributed by atoms with Gasteiger partial charge >= 0.3 is 11.9 Å². The molecule has 4 nitrogen and oxygen atoms in total. The van der Waals surface area contributed by atoms with E-state index in [1.165, 1.54) is 0 Å². The molecule has 0 aromatic rings. The first kappa shape index (κ1) is 14.5. The highest BCUT2D eigenvalue weighted by Crippen LogP contribution is 2.50. The maximum Gasteiger partial charge on any atom is 0.312 e. The smallest absolute Gasteiger partial charge is 0.312 e. The van der Waals surface area contributed by atoms with Crippen LogP contribution < -0.4 is 0 Å². The van der Waals surface area contributed by atoms with Crippen molar-refractivity contribution in [3.05, 3.63) is 0 Å². The number of carbonyl (C=O) groups excluding carboxylic acids is 2. The van der Waals surface area contributed by atoms with E-state index in [-0.39, 0.29) is 35.5 Å². The van der Waals surface area contributed by atoms with Crippen molar-refractivity contribution in [2.45, 2.75) is 71.0 Å². The molecule has 2 saturated heterocycles. The van der Waals surface area contributed by atoms with E-state index in [1.807, 2.05) is 6.92 Å². The van der Waals surface area contributed by atoms with E-state index in [0.717, 1.165) is 44.9 Å². The summed E-state index contributed by atoms with van der Waals surface area (Å²) in [5.41, 5.74) is -0.219. The van der Waals surface area contributed by atoms with E-state index < -0.39 is 0 Å². The zero-order valence-electron chi connectivity index (χ0n) is 13.5. The zero-order chi connectivity index (χ0) is 15.5. The molecule has 2 heterocycles. The molecule has 2 aliphatic carbocycles. The van der Waals surface area contributed by atoms with Crippen LogP contribution in [0.25, 0.3) is 0 Å². The summed E-state index contributed by atoms with van der Waals surface area (Å²) in [6, 6.07) is 0. The number of fused-ring (bicyclic) bond motifs is 4. The number of hydrogen-bond donors (Lipinski definition) is 0. The van der Waals surface area contributed by atoms with Crippen LogP contribution in [-0.2, 0) is 19.1 Å². The molecular weight excluding hydrogens is 280 g/mol. The Hall–Kier alpha value is -1.06. The summed E-state index contributed by atoms with van der Waals surface area (Å²) in [6.45, 7) is 4.25. The molecule has 0 aromatic heterocycles. The van der Waals surface area contributed by atoms with Crippen LogP contribution in [0.15, 0.2) is 0 Å². The van der Waals surface area contributed by atoms with Gasteiger partial charge in [0.2, 0.25) is 0 Å². The lowest BCUT2D eigenvalue weighted by Crippen LogP contribution is -2.32. The summed E-state index contributed by atoms with van der Waals surface area (Å²) in [4.78, 5) is 23.9. The summed E-state index contributed by atoms with van der Waals surface area (Å²) < 4.78 is 11.1. The predicted octanol–water partition coefficient (Wildman–Crippen LogP) is 3.09. The number of ether oxygens (including phenoxy) is 2. The molecule has 4 fully saturated rings. The summed E-state index contributed by atoms with van der Waals surface area (Å²) in [6.07, 6.45) is 7.42. The fraction of sp³-hybridized carbons (Fsp3) is 0.889. The molecule has 22 heavy (non-hydrogen) atoms. The molecule has 4 unspecified atom stereocenters. The van der Waals surface area contributed by atoms with Gasteiger partial charge in [0.15, 0.2) is 0 Å². The van der Waals surface area contributed by atoms with Crippen LogP contribution >= 0.6 is 0 Å². The fourth-order valence-corrected chi connectivity index (χ4v) is 5.24. The van der Waals surface area contributed by atoms with Crippen molar-refractivity contribution in [2.24, 2.45) is 29.1 Å². The minimum atomic E-state index is -0.219. The van der Waals surface area contributed by atoms with E-state index in [4.69, 9.17) is 9.47 Å². The minimum absolute atomic E-state index is 0.00787. The zero-order valence-corrected chi connectivity index (χ0v) is 13.5. The Morgan fingerprint density at radius 2 is 1.86 bits per heavy atom. The normalized spacial score (nSPS) is 49.9. The predicted molar refractivity (Wildman–Crippen MR) is 79.8 cm³/mol. The third-order valence-electron chi connectivity index (χ3n) is 6.84. The Bertz CT molecular complexity index is 501. The molecule has 0 amide bonds. The van der Waals surface area contributed by atoms with Crippen LogP contribution in [0, 0.1) is 29.1 Å². The van der Waals surface area contributed by atoms with Crippen molar-refractivity contribution in [1.29, 1.82) is 0 Å². The maximum atomic E-state index is 12.0. The lowest BCUT2D eigenvalue weighted by Gasteiger charge is -2.33. The van der Waals surface area contributed by atoms with Crippen molar-refractivity contribution < 1.29 is 19.1 Å². The van der Waals surface area contributed by atoms with Crippen molar-refractivity contribution in [3.8, 4) is 0 Å². The summed E-state index contributed by atoms with van der Waals surface area (Å²) in [7, 11) is 0. The average molecular weight is 306 g/mol. The van der Waals surface area contributed by atoms with E-state index in [1.54, 1.807) is 0 Å². The SMILES string of the molecule is C[C@@H]1C[C@H](CCC2CC[C@]3(C)CC2OC3=O)C2CC1OC2=O. The van der Waals surface area contributed by atoms with Crippen molar-refractivity contribution in [2.75, 3.05) is 0 Å². The van der Waals surface area contributed by atoms with Gasteiger partial charge in [-0.25, -0.2) is 0 Å². The van der Waals surface area contributed by atoms with E-state index in [2.05, 4.69) is 6.92 Å². The van der Waals surface area contributed by atoms with Crippen molar-refractivity contribution in [3.63, 3.8) is 0 Å². The molecule has 4 bridgehead atoms. The standard InChI is InChI=1S/C18H26O4/c1-10-7-12(13-8-14(10)21-16(13)19)4-3-11-5-6-18(2)9-15(11)22-17(18)20/h10-15H,3-9H2,1-2H3/t10-,11?,12+,13?,14?,15?,18-/m1/s1. The molecule has 2 aliphatic heterocycles. The van der Waals surface area contributed by atoms with Gasteiger partial charge in [0.25, 0.3) is 0 Å². The molecule has 0 radical (unpaired) electrons. The van der Waals surface area contributed by atoms with Crippen LogP contribution in [-0.4, -0.2) is 24.1 Å². The first-order valence-electron chi connectivity index (χ1n) is 8.88. The molecule has 0 N–H and O–H groups in total. The Kier molecular flexibility index (Phi) is 3.28. The van der Waals surface area contributed by atoms with Gasteiger partial charge in [0, 0.05) is 6.42 Å². The van der Waals surface area contributed by atoms with Gasteiger partial charge in [-0.1, -0.05) is 6.92 Å². The highest BCUT2D eigenvalue weighted by atomic mass is 16.6. The Morgan fingerprint density at radius 3 is 2.68 bits per heavy atom. The van der Waals surface area contributed by atoms with Gasteiger partial charge in [-0.15, -0.1) is 0 Å². The molecular formula is C18H26O4. The van der Waals surface area contributed by atoms with Gasteiger partial charge in [0.05, 0.1) is 11.3 Å². The number of esters is 2. The maximum absolute atomic E-state index is 12.0. The summed E-state index contributed by atoms with van der Waals surface area (Å²) in [5, 5.41) is 0. The first-order chi connectivity index (χ1) is 10.5. The van der Waals surface area contributed by atoms with E-state index in [0.29, 0.717) is 17.8 Å². The van der Waals surface area contributed by atoms with E-state index >= 15 is 0 Å². The Balaban J connectivity index is 1.37. The van der Waals surface area contributed by atoms with Crippen LogP contribution in [0.1, 0.15) is 58.8 Å². The molecule has 4 rings (SSSR count). The Labute approximate surface area is 131 Å². The van der Waals surface area contributed by atoms with Crippen molar-refractivity contribution in [1.82, 2.24) is 0 Å². The number of rotatable bonds is 3. The van der Waals surface area contributed by atoms with Gasteiger partial charge in [-0.3, -0.25) is 9.59 Å². The van der Waals surface area contributed by atoms with Gasteiger partial charge in [-0.05, 0) is 63.2 Å². The van der Waals surface area contributed by atoms with Gasteiger partial charge < -0.3 is 9.47 Å². The summed E-state index contributed by atoms with van der Waals surface area (Å²) in [5.74, 6) is 1.61. The van der Waals surface area contributed by atoms with Crippen LogP contribution in [0.4, 0.5) is 0 Å². The lowest BCUT2D eigenvalue weighted by atomic mass is 9.68. The van der Waals surface area contributed by atoms with Gasteiger partial charge in [-0.2, -0.15) is 0 Å². The van der Waals surface area contributed by atoms with Crippen molar-refractivity contribution >= 4 is 11.9 Å². The third kappa shape index (κ3) is 2.17. The second-order valence-electron chi connectivity index (χ2n) is 8.38. The first-order valence-corrected chi connectivity index (χ1v) is 8.88. The molecule has 7 atom stereocenters. The highest BCUT2D eigenvalue weighted by molar-refractivity contribution is 5.79. The summed E-state index contributed by atoms with van der Waals surface area (Å²) >= 11 is 0. The monoisotopic (exact) mass is 306 g/mol. The minimum Gasteiger partial charge on any atom is -0.462 e. The number of carbonyl (C=O) groups is 2.